The molecule has 0 aliphatic heterocycles. The Morgan fingerprint density at radius 2 is 2.21 bits per heavy atom. The Bertz CT molecular complexity index is 742. The summed E-state index contributed by atoms with van der Waals surface area (Å²) in [5.74, 6) is 1.32. The summed E-state index contributed by atoms with van der Waals surface area (Å²) in [5.41, 5.74) is 1.71. The monoisotopic (exact) mass is 346 g/mol. The number of nitrogens with one attached hydrogen (secondary N) is 1. The van der Waals surface area contributed by atoms with E-state index in [1.807, 2.05) is 43.5 Å². The van der Waals surface area contributed by atoms with Gasteiger partial charge in [0.05, 0.1) is 18.0 Å². The third-order valence-corrected chi connectivity index (χ3v) is 4.56. The highest BCUT2D eigenvalue weighted by Gasteiger charge is 2.20. The van der Waals surface area contributed by atoms with E-state index in [9.17, 15) is 4.79 Å². The van der Waals surface area contributed by atoms with Crippen LogP contribution < -0.4 is 10.1 Å². The lowest BCUT2D eigenvalue weighted by atomic mass is 10.2. The van der Waals surface area contributed by atoms with Crippen molar-refractivity contribution in [3.05, 3.63) is 42.2 Å². The lowest BCUT2D eigenvalue weighted by molar-refractivity contribution is -0.115. The molecule has 0 bridgehead atoms. The lowest BCUT2D eigenvalue weighted by Crippen LogP contribution is -2.23. The third kappa shape index (κ3) is 4.17. The minimum atomic E-state index is -0.331. The van der Waals surface area contributed by atoms with Crippen LogP contribution in [0.5, 0.6) is 5.75 Å². The molecule has 1 amide bonds. The van der Waals surface area contributed by atoms with Crippen LogP contribution >= 0.6 is 11.8 Å². The first-order valence-electron chi connectivity index (χ1n) is 7.59. The largest absolute Gasteiger partial charge is 0.495 e. The molecule has 6 nitrogen and oxygen atoms in total. The molecule has 0 fully saturated rings. The molecule has 2 aromatic rings. The SMILES string of the molecule is C=CCn1c(C)nnc1S[C@H](C)C(=O)Nc1cc(C)ccc1OC. The Morgan fingerprint density at radius 3 is 2.88 bits per heavy atom. The van der Waals surface area contributed by atoms with Gasteiger partial charge < -0.3 is 14.6 Å². The van der Waals surface area contributed by atoms with E-state index in [2.05, 4.69) is 22.1 Å². The van der Waals surface area contributed by atoms with E-state index >= 15 is 0 Å². The van der Waals surface area contributed by atoms with Crippen molar-refractivity contribution in [1.82, 2.24) is 14.8 Å². The fourth-order valence-electron chi connectivity index (χ4n) is 2.15. The summed E-state index contributed by atoms with van der Waals surface area (Å²) in [7, 11) is 1.58. The number of allylic oxidation sites excluding steroid dienone is 1. The predicted octanol–water partition coefficient (Wildman–Crippen LogP) is 3.21. The molecule has 0 saturated heterocycles. The number of nitrogens with zero attached hydrogens (tertiary/aromatic N) is 3. The fraction of sp³-hybridized carbons (Fsp3) is 0.353. The summed E-state index contributed by atoms with van der Waals surface area (Å²) in [6, 6.07) is 5.67. The van der Waals surface area contributed by atoms with Gasteiger partial charge in [-0.2, -0.15) is 0 Å². The molecule has 0 saturated carbocycles. The van der Waals surface area contributed by atoms with E-state index in [-0.39, 0.29) is 11.2 Å². The molecule has 0 spiro atoms. The minimum absolute atomic E-state index is 0.116. The number of methoxy groups -OCH3 is 1. The molecule has 1 aromatic carbocycles. The number of ether oxygens (including phenoxy) is 1. The first-order valence-corrected chi connectivity index (χ1v) is 8.47. The van der Waals surface area contributed by atoms with Crippen LogP contribution in [-0.4, -0.2) is 33.0 Å². The quantitative estimate of drug-likeness (QED) is 0.616. The zero-order valence-electron chi connectivity index (χ0n) is 14.4. The number of amides is 1. The number of benzene rings is 1. The molecule has 1 N–H and O–H groups in total. The summed E-state index contributed by atoms with van der Waals surface area (Å²) in [5, 5.41) is 11.5. The number of thioether (sulfide) groups is 1. The molecule has 0 unspecified atom stereocenters. The van der Waals surface area contributed by atoms with Gasteiger partial charge in [0.2, 0.25) is 5.91 Å². The van der Waals surface area contributed by atoms with Crippen molar-refractivity contribution >= 4 is 23.4 Å². The summed E-state index contributed by atoms with van der Waals surface area (Å²) in [6.45, 7) is 10.0. The molecule has 0 aliphatic rings. The van der Waals surface area contributed by atoms with Crippen LogP contribution in [0.3, 0.4) is 0 Å². The maximum Gasteiger partial charge on any atom is 0.237 e. The van der Waals surface area contributed by atoms with Gasteiger partial charge in [-0.15, -0.1) is 16.8 Å². The Hall–Kier alpha value is -2.28. The Kier molecular flexibility index (Phi) is 6.03. The standard InChI is InChI=1S/C17H22N4O2S/c1-6-9-21-13(4)19-20-17(21)24-12(3)16(22)18-14-10-11(2)7-8-15(14)23-5/h6-8,10,12H,1,9H2,2-5H3,(H,18,22)/t12-/m1/s1. The van der Waals surface area contributed by atoms with Crippen LogP contribution in [0.25, 0.3) is 0 Å². The highest BCUT2D eigenvalue weighted by molar-refractivity contribution is 8.00. The fourth-order valence-corrected chi connectivity index (χ4v) is 3.06. The Morgan fingerprint density at radius 1 is 1.46 bits per heavy atom. The topological polar surface area (TPSA) is 69.0 Å². The average molecular weight is 346 g/mol. The van der Waals surface area contributed by atoms with E-state index in [4.69, 9.17) is 4.74 Å². The van der Waals surface area contributed by atoms with Crippen LogP contribution in [0, 0.1) is 13.8 Å². The maximum absolute atomic E-state index is 12.5. The number of anilines is 1. The second kappa shape index (κ2) is 8.01. The molecule has 2 rings (SSSR count). The van der Waals surface area contributed by atoms with E-state index in [0.717, 1.165) is 11.4 Å². The smallest absolute Gasteiger partial charge is 0.237 e. The van der Waals surface area contributed by atoms with Crippen molar-refractivity contribution in [3.8, 4) is 5.75 Å². The van der Waals surface area contributed by atoms with Gasteiger partial charge >= 0.3 is 0 Å². The van der Waals surface area contributed by atoms with Crippen LogP contribution in [0.4, 0.5) is 5.69 Å². The van der Waals surface area contributed by atoms with Crippen LogP contribution in [0.2, 0.25) is 0 Å². The summed E-state index contributed by atoms with van der Waals surface area (Å²) in [6.07, 6.45) is 1.78. The zero-order chi connectivity index (χ0) is 17.7. The van der Waals surface area contributed by atoms with E-state index in [1.54, 1.807) is 13.2 Å². The molecule has 1 heterocycles. The minimum Gasteiger partial charge on any atom is -0.495 e. The highest BCUT2D eigenvalue weighted by Crippen LogP contribution is 2.28. The van der Waals surface area contributed by atoms with Crippen LogP contribution in [0.15, 0.2) is 36.0 Å². The predicted molar refractivity (Wildman–Crippen MR) is 96.6 cm³/mol. The Labute approximate surface area is 146 Å². The molecular formula is C17H22N4O2S. The average Bonchev–Trinajstić information content (AvgIpc) is 2.88. The van der Waals surface area contributed by atoms with Gasteiger partial charge in [-0.05, 0) is 38.5 Å². The van der Waals surface area contributed by atoms with Gasteiger partial charge in [0.25, 0.3) is 0 Å². The van der Waals surface area contributed by atoms with Crippen molar-refractivity contribution in [1.29, 1.82) is 0 Å². The zero-order valence-corrected chi connectivity index (χ0v) is 15.2. The number of rotatable bonds is 7. The number of aryl methyl sites for hydroxylation is 2. The second-order valence-corrected chi connectivity index (χ2v) is 6.69. The molecule has 7 heteroatoms. The van der Waals surface area contributed by atoms with E-state index in [0.29, 0.717) is 23.1 Å². The summed E-state index contributed by atoms with van der Waals surface area (Å²) < 4.78 is 7.22. The van der Waals surface area contributed by atoms with E-state index in [1.165, 1.54) is 11.8 Å². The summed E-state index contributed by atoms with van der Waals surface area (Å²) in [4.78, 5) is 12.5. The van der Waals surface area contributed by atoms with Crippen molar-refractivity contribution in [2.75, 3.05) is 12.4 Å². The normalized spacial score (nSPS) is 11.8. The van der Waals surface area contributed by atoms with Gasteiger partial charge in [0, 0.05) is 6.54 Å². The number of hydrogen-bond acceptors (Lipinski definition) is 5. The molecule has 1 aromatic heterocycles. The number of carbonyl (C=O) groups is 1. The molecule has 24 heavy (non-hydrogen) atoms. The van der Waals surface area contributed by atoms with Gasteiger partial charge in [0.15, 0.2) is 5.16 Å². The first kappa shape index (κ1) is 18.1. The van der Waals surface area contributed by atoms with Crippen molar-refractivity contribution in [2.45, 2.75) is 37.7 Å². The first-order chi connectivity index (χ1) is 11.5. The third-order valence-electron chi connectivity index (χ3n) is 3.48. The van der Waals surface area contributed by atoms with Crippen LogP contribution in [-0.2, 0) is 11.3 Å². The van der Waals surface area contributed by atoms with Gasteiger partial charge in [-0.1, -0.05) is 23.9 Å². The molecule has 0 aliphatic carbocycles. The highest BCUT2D eigenvalue weighted by atomic mass is 32.2. The maximum atomic E-state index is 12.5. The molecular weight excluding hydrogens is 324 g/mol. The molecule has 128 valence electrons. The number of hydrogen-bond donors (Lipinski definition) is 1. The van der Waals surface area contributed by atoms with Crippen molar-refractivity contribution < 1.29 is 9.53 Å². The van der Waals surface area contributed by atoms with Crippen molar-refractivity contribution in [3.63, 3.8) is 0 Å². The van der Waals surface area contributed by atoms with Crippen LogP contribution in [0.1, 0.15) is 18.3 Å². The van der Waals surface area contributed by atoms with Gasteiger partial charge in [-0.3, -0.25) is 4.79 Å². The van der Waals surface area contributed by atoms with E-state index < -0.39 is 0 Å². The van der Waals surface area contributed by atoms with Gasteiger partial charge in [-0.25, -0.2) is 0 Å². The lowest BCUT2D eigenvalue weighted by Gasteiger charge is -2.15. The molecule has 0 radical (unpaired) electrons. The molecule has 1 atom stereocenters. The van der Waals surface area contributed by atoms with Gasteiger partial charge in [0.1, 0.15) is 11.6 Å². The summed E-state index contributed by atoms with van der Waals surface area (Å²) >= 11 is 1.36. The van der Waals surface area contributed by atoms with Crippen molar-refractivity contribution in [2.24, 2.45) is 0 Å². The number of aromatic nitrogens is 3. The number of carbonyl (C=O) groups excluding carboxylic acids is 1. The Balaban J connectivity index is 2.10. The second-order valence-electron chi connectivity index (χ2n) is 5.38.